The monoisotopic (exact) mass is 470 g/mol. The van der Waals surface area contributed by atoms with Crippen molar-refractivity contribution in [3.63, 3.8) is 0 Å². The van der Waals surface area contributed by atoms with E-state index < -0.39 is 37.1 Å². The van der Waals surface area contributed by atoms with E-state index in [1.54, 1.807) is 0 Å². The van der Waals surface area contributed by atoms with Crippen LogP contribution < -0.4 is 0 Å². The van der Waals surface area contributed by atoms with E-state index >= 15 is 0 Å². The first-order valence-electron chi connectivity index (χ1n) is 12.0. The smallest absolute Gasteiger partial charge is 0.113 e. The topological polar surface area (TPSA) is 90.2 Å². The van der Waals surface area contributed by atoms with Crippen molar-refractivity contribution in [2.75, 3.05) is 6.61 Å². The third kappa shape index (κ3) is 4.87. The fourth-order valence-electron chi connectivity index (χ4n) is 5.05. The number of hydrogen-bond donors (Lipinski definition) is 4. The predicted molar refractivity (Wildman–Crippen MR) is 134 cm³/mol. The maximum atomic E-state index is 10.6. The molecule has 1 saturated heterocycles. The summed E-state index contributed by atoms with van der Waals surface area (Å²) >= 11 is 0. The highest BCUT2D eigenvalue weighted by molar-refractivity contribution is 5.74. The molecule has 5 heteroatoms. The number of fused-ring (bicyclic) bond motifs is 1. The van der Waals surface area contributed by atoms with Gasteiger partial charge in [0.1, 0.15) is 30.5 Å². The van der Waals surface area contributed by atoms with Gasteiger partial charge >= 0.3 is 0 Å². The first kappa shape index (κ1) is 23.7. The fourth-order valence-corrected chi connectivity index (χ4v) is 5.05. The minimum atomic E-state index is -1.40. The van der Waals surface area contributed by atoms with Gasteiger partial charge < -0.3 is 25.2 Å². The van der Waals surface area contributed by atoms with Gasteiger partial charge in [-0.2, -0.15) is 0 Å². The van der Waals surface area contributed by atoms with Crippen LogP contribution in [-0.4, -0.2) is 51.4 Å². The molecule has 4 N–H and O–H groups in total. The van der Waals surface area contributed by atoms with Gasteiger partial charge in [0.25, 0.3) is 0 Å². The van der Waals surface area contributed by atoms with Crippen molar-refractivity contribution in [3.8, 4) is 11.1 Å². The molecule has 5 atom stereocenters. The van der Waals surface area contributed by atoms with E-state index in [9.17, 15) is 20.4 Å². The molecule has 1 aliphatic heterocycles. The quantitative estimate of drug-likeness (QED) is 0.346. The van der Waals surface area contributed by atoms with Crippen LogP contribution in [0.25, 0.3) is 11.1 Å². The van der Waals surface area contributed by atoms with Crippen molar-refractivity contribution in [2.24, 2.45) is 0 Å². The number of ether oxygens (including phenoxy) is 1. The zero-order valence-electron chi connectivity index (χ0n) is 19.4. The maximum absolute atomic E-state index is 10.6. The van der Waals surface area contributed by atoms with Crippen LogP contribution >= 0.6 is 0 Å². The van der Waals surface area contributed by atoms with E-state index in [1.165, 1.54) is 27.8 Å². The van der Waals surface area contributed by atoms with Crippen LogP contribution in [0.4, 0.5) is 0 Å². The van der Waals surface area contributed by atoms with E-state index in [-0.39, 0.29) is 0 Å². The second-order valence-corrected chi connectivity index (χ2v) is 9.26. The van der Waals surface area contributed by atoms with Gasteiger partial charge in [-0.05, 0) is 51.8 Å². The number of aliphatic hydroxyl groups excluding tert-OH is 4. The minimum absolute atomic E-state index is 0.443. The Kier molecular flexibility index (Phi) is 6.95. The van der Waals surface area contributed by atoms with Crippen LogP contribution in [0.1, 0.15) is 33.9 Å². The molecule has 2 aromatic rings. The Hall–Kier alpha value is -3.06. The maximum Gasteiger partial charge on any atom is 0.113 e. The average Bonchev–Trinajstić information content (AvgIpc) is 3.03. The van der Waals surface area contributed by atoms with Gasteiger partial charge in [0, 0.05) is 0 Å². The van der Waals surface area contributed by atoms with Gasteiger partial charge in [-0.1, -0.05) is 91.0 Å². The summed E-state index contributed by atoms with van der Waals surface area (Å²) in [4.78, 5) is 0. The fraction of sp³-hybridized carbons (Fsp3) is 0.267. The lowest BCUT2D eigenvalue weighted by molar-refractivity contribution is -0.231. The summed E-state index contributed by atoms with van der Waals surface area (Å²) in [5.41, 5.74) is 7.96. The molecular weight excluding hydrogens is 440 g/mol. The first-order valence-corrected chi connectivity index (χ1v) is 12.0. The summed E-state index contributed by atoms with van der Waals surface area (Å²) in [6.45, 7) is -0.443. The Morgan fingerprint density at radius 1 is 0.657 bits per heavy atom. The van der Waals surface area contributed by atoms with Gasteiger partial charge in [0.2, 0.25) is 0 Å². The first-order chi connectivity index (χ1) is 17.0. The molecule has 2 aliphatic carbocycles. The third-order valence-corrected chi connectivity index (χ3v) is 6.90. The summed E-state index contributed by atoms with van der Waals surface area (Å²) in [7, 11) is 0. The van der Waals surface area contributed by atoms with Crippen molar-refractivity contribution < 1.29 is 25.2 Å². The number of rotatable bonds is 6. The molecule has 0 unspecified atom stereocenters. The Balaban J connectivity index is 1.48. The molecule has 0 spiro atoms. The largest absolute Gasteiger partial charge is 0.394 e. The molecule has 0 radical (unpaired) electrons. The highest BCUT2D eigenvalue weighted by Gasteiger charge is 2.43. The SMILES string of the molecule is OC[C@H]1O[C@@H](c2cccc(Cc3cc4cccccc-4c3Cc3ccccc3)c2)[C@H](O)[C@@H](O)[C@@H]1O. The molecule has 0 aromatic heterocycles. The van der Waals surface area contributed by atoms with E-state index in [0.29, 0.717) is 12.0 Å². The van der Waals surface area contributed by atoms with Crippen LogP contribution in [0.15, 0.2) is 91.0 Å². The van der Waals surface area contributed by atoms with Crippen LogP contribution in [-0.2, 0) is 17.6 Å². The van der Waals surface area contributed by atoms with Gasteiger partial charge in [-0.15, -0.1) is 0 Å². The lowest BCUT2D eigenvalue weighted by Gasteiger charge is -2.40. The normalized spacial score (nSPS) is 24.5. The Labute approximate surface area is 205 Å². The lowest BCUT2D eigenvalue weighted by atomic mass is 9.90. The number of benzene rings is 2. The van der Waals surface area contributed by atoms with Crippen LogP contribution in [0.3, 0.4) is 0 Å². The second kappa shape index (κ2) is 10.3. The molecule has 1 heterocycles. The third-order valence-electron chi connectivity index (χ3n) is 6.90. The Bertz CT molecular complexity index is 1240. The van der Waals surface area contributed by atoms with Crippen molar-refractivity contribution in [1.29, 1.82) is 0 Å². The summed E-state index contributed by atoms with van der Waals surface area (Å²) in [5.74, 6) is 0. The molecular formula is C30H30O5. The Morgan fingerprint density at radius 2 is 1.37 bits per heavy atom. The average molecular weight is 471 g/mol. The van der Waals surface area contributed by atoms with E-state index in [0.717, 1.165) is 12.0 Å². The molecule has 35 heavy (non-hydrogen) atoms. The van der Waals surface area contributed by atoms with Crippen LogP contribution in [0, 0.1) is 0 Å². The number of hydrogen-bond acceptors (Lipinski definition) is 5. The van der Waals surface area contributed by atoms with Crippen LogP contribution in [0.2, 0.25) is 0 Å². The minimum Gasteiger partial charge on any atom is -0.394 e. The zero-order chi connectivity index (χ0) is 24.4. The molecule has 5 rings (SSSR count). The summed E-state index contributed by atoms with van der Waals surface area (Å²) < 4.78 is 5.77. The molecule has 3 aliphatic rings. The van der Waals surface area contributed by atoms with E-state index in [1.807, 2.05) is 36.4 Å². The zero-order valence-corrected chi connectivity index (χ0v) is 19.4. The van der Waals surface area contributed by atoms with E-state index in [2.05, 4.69) is 54.6 Å². The number of aliphatic hydroxyl groups is 4. The molecule has 2 aromatic carbocycles. The van der Waals surface area contributed by atoms with Gasteiger partial charge in [-0.25, -0.2) is 0 Å². The van der Waals surface area contributed by atoms with Crippen molar-refractivity contribution in [1.82, 2.24) is 0 Å². The summed E-state index contributed by atoms with van der Waals surface area (Å²) in [6, 6.07) is 30.9. The molecule has 0 bridgehead atoms. The molecule has 0 amide bonds. The highest BCUT2D eigenvalue weighted by Crippen LogP contribution is 2.36. The van der Waals surface area contributed by atoms with Gasteiger partial charge in [0.05, 0.1) is 6.61 Å². The molecule has 0 saturated carbocycles. The molecule has 1 fully saturated rings. The highest BCUT2D eigenvalue weighted by atomic mass is 16.5. The Morgan fingerprint density at radius 3 is 2.14 bits per heavy atom. The van der Waals surface area contributed by atoms with E-state index in [4.69, 9.17) is 4.74 Å². The van der Waals surface area contributed by atoms with Crippen molar-refractivity contribution >= 4 is 0 Å². The van der Waals surface area contributed by atoms with Crippen molar-refractivity contribution in [3.05, 3.63) is 119 Å². The summed E-state index contributed by atoms with van der Waals surface area (Å²) in [6.07, 6.45) is -4.30. The summed E-state index contributed by atoms with van der Waals surface area (Å²) in [5, 5.41) is 40.4. The van der Waals surface area contributed by atoms with Gasteiger partial charge in [0.15, 0.2) is 0 Å². The van der Waals surface area contributed by atoms with Crippen LogP contribution in [0.5, 0.6) is 0 Å². The predicted octanol–water partition coefficient (Wildman–Crippen LogP) is 3.49. The van der Waals surface area contributed by atoms with Gasteiger partial charge in [-0.3, -0.25) is 0 Å². The molecule has 5 nitrogen and oxygen atoms in total. The second-order valence-electron chi connectivity index (χ2n) is 9.26. The van der Waals surface area contributed by atoms with Crippen molar-refractivity contribution in [2.45, 2.75) is 43.4 Å². The molecule has 180 valence electrons. The standard InChI is InChI=1S/C30H30O5/c31-18-26-27(32)28(33)29(34)30(35-26)22-12-7-10-20(14-22)15-23-17-21-11-5-2-6-13-24(21)25(23)16-19-8-3-1-4-9-19/h1-14,17,26-34H,15-16,18H2/t26-,27-,28+,29-,30+/m1/s1. The lowest BCUT2D eigenvalue weighted by Crippen LogP contribution is -2.55.